The summed E-state index contributed by atoms with van der Waals surface area (Å²) >= 11 is 0. The zero-order chi connectivity index (χ0) is 13.9. The molecule has 20 heavy (non-hydrogen) atoms. The Kier molecular flexibility index (Phi) is 3.72. The fourth-order valence-electron chi connectivity index (χ4n) is 2.82. The molecule has 6 heteroatoms. The SMILES string of the molecule is N#Cc1cc([C@@H]2CCON2C(=O)C2CCNCC2)co1. The molecule has 106 valence electrons. The van der Waals surface area contributed by atoms with Gasteiger partial charge in [0, 0.05) is 24.0 Å². The Morgan fingerprint density at radius 2 is 2.20 bits per heavy atom. The molecule has 0 saturated carbocycles. The molecule has 3 rings (SSSR count). The number of carbonyl (C=O) groups is 1. The number of furan rings is 1. The van der Waals surface area contributed by atoms with E-state index in [0.29, 0.717) is 6.61 Å². The van der Waals surface area contributed by atoms with Crippen molar-refractivity contribution in [1.29, 1.82) is 5.26 Å². The highest BCUT2D eigenvalue weighted by molar-refractivity contribution is 5.78. The fourth-order valence-corrected chi connectivity index (χ4v) is 2.82. The second-order valence-electron chi connectivity index (χ2n) is 5.18. The van der Waals surface area contributed by atoms with E-state index in [-0.39, 0.29) is 23.6 Å². The van der Waals surface area contributed by atoms with Gasteiger partial charge in [0.05, 0.1) is 18.9 Å². The Morgan fingerprint density at radius 3 is 2.90 bits per heavy atom. The van der Waals surface area contributed by atoms with Gasteiger partial charge in [-0.3, -0.25) is 9.63 Å². The number of amides is 1. The molecule has 0 radical (unpaired) electrons. The van der Waals surface area contributed by atoms with Crippen molar-refractivity contribution in [3.63, 3.8) is 0 Å². The van der Waals surface area contributed by atoms with Gasteiger partial charge in [-0.05, 0) is 25.9 Å². The minimum absolute atomic E-state index is 0.0270. The van der Waals surface area contributed by atoms with Crippen LogP contribution in [0.4, 0.5) is 0 Å². The molecule has 2 aliphatic heterocycles. The number of hydrogen-bond acceptors (Lipinski definition) is 5. The van der Waals surface area contributed by atoms with Crippen LogP contribution in [0.2, 0.25) is 0 Å². The maximum atomic E-state index is 12.5. The van der Waals surface area contributed by atoms with E-state index < -0.39 is 0 Å². The van der Waals surface area contributed by atoms with Gasteiger partial charge in [-0.2, -0.15) is 5.26 Å². The Balaban J connectivity index is 1.74. The largest absolute Gasteiger partial charge is 0.453 e. The first-order chi connectivity index (χ1) is 9.79. The summed E-state index contributed by atoms with van der Waals surface area (Å²) in [5, 5.41) is 13.5. The van der Waals surface area contributed by atoms with E-state index in [2.05, 4.69) is 5.32 Å². The highest BCUT2D eigenvalue weighted by Crippen LogP contribution is 2.33. The van der Waals surface area contributed by atoms with E-state index in [9.17, 15) is 4.79 Å². The van der Waals surface area contributed by atoms with Gasteiger partial charge in [-0.15, -0.1) is 0 Å². The third-order valence-corrected chi connectivity index (χ3v) is 3.93. The minimum atomic E-state index is -0.136. The van der Waals surface area contributed by atoms with Crippen LogP contribution in [0.1, 0.15) is 36.6 Å². The van der Waals surface area contributed by atoms with Crippen molar-refractivity contribution in [2.45, 2.75) is 25.3 Å². The van der Waals surface area contributed by atoms with Crippen LogP contribution in [0.15, 0.2) is 16.7 Å². The summed E-state index contributed by atoms with van der Waals surface area (Å²) in [5.74, 6) is 0.342. The van der Waals surface area contributed by atoms with E-state index in [1.54, 1.807) is 12.3 Å². The van der Waals surface area contributed by atoms with Crippen LogP contribution in [-0.2, 0) is 9.63 Å². The quantitative estimate of drug-likeness (QED) is 0.881. The lowest BCUT2D eigenvalue weighted by atomic mass is 9.96. The number of carbonyl (C=O) groups excluding carboxylic acids is 1. The predicted octanol–water partition coefficient (Wildman–Crippen LogP) is 1.36. The van der Waals surface area contributed by atoms with Crippen molar-refractivity contribution in [3.05, 3.63) is 23.7 Å². The first kappa shape index (κ1) is 13.2. The van der Waals surface area contributed by atoms with Gasteiger partial charge >= 0.3 is 0 Å². The lowest BCUT2D eigenvalue weighted by Crippen LogP contribution is -2.40. The Labute approximate surface area is 117 Å². The van der Waals surface area contributed by atoms with E-state index in [4.69, 9.17) is 14.5 Å². The van der Waals surface area contributed by atoms with Crippen LogP contribution in [0.3, 0.4) is 0 Å². The molecular formula is C14H17N3O3. The van der Waals surface area contributed by atoms with Crippen molar-refractivity contribution in [2.75, 3.05) is 19.7 Å². The van der Waals surface area contributed by atoms with Gasteiger partial charge in [0.1, 0.15) is 6.07 Å². The molecule has 2 fully saturated rings. The van der Waals surface area contributed by atoms with Crippen LogP contribution in [-0.4, -0.2) is 30.7 Å². The topological polar surface area (TPSA) is 78.5 Å². The molecule has 1 atom stereocenters. The van der Waals surface area contributed by atoms with Gasteiger partial charge in [0.15, 0.2) is 0 Å². The molecule has 0 unspecified atom stereocenters. The Hall–Kier alpha value is -1.84. The number of nitrogens with zero attached hydrogens (tertiary/aromatic N) is 2. The molecule has 6 nitrogen and oxygen atoms in total. The smallest absolute Gasteiger partial charge is 0.249 e. The molecule has 1 amide bonds. The van der Waals surface area contributed by atoms with Crippen molar-refractivity contribution in [1.82, 2.24) is 10.4 Å². The van der Waals surface area contributed by atoms with Crippen LogP contribution < -0.4 is 5.32 Å². The molecule has 0 aliphatic carbocycles. The maximum absolute atomic E-state index is 12.5. The van der Waals surface area contributed by atoms with E-state index in [1.165, 1.54) is 5.06 Å². The number of rotatable bonds is 2. The molecule has 0 bridgehead atoms. The first-order valence-electron chi connectivity index (χ1n) is 6.95. The number of piperidine rings is 1. The Bertz CT molecular complexity index is 528. The average molecular weight is 275 g/mol. The summed E-state index contributed by atoms with van der Waals surface area (Å²) in [6, 6.07) is 3.51. The van der Waals surface area contributed by atoms with Crippen LogP contribution in [0.25, 0.3) is 0 Å². The van der Waals surface area contributed by atoms with Gasteiger partial charge in [0.2, 0.25) is 11.7 Å². The van der Waals surface area contributed by atoms with E-state index in [0.717, 1.165) is 37.9 Å². The van der Waals surface area contributed by atoms with Gasteiger partial charge in [0.25, 0.3) is 0 Å². The first-order valence-corrected chi connectivity index (χ1v) is 6.95. The summed E-state index contributed by atoms with van der Waals surface area (Å²) in [6.45, 7) is 2.27. The second kappa shape index (κ2) is 5.65. The van der Waals surface area contributed by atoms with Crippen LogP contribution in [0, 0.1) is 17.2 Å². The zero-order valence-electron chi connectivity index (χ0n) is 11.2. The second-order valence-corrected chi connectivity index (χ2v) is 5.18. The summed E-state index contributed by atoms with van der Waals surface area (Å²) in [5.41, 5.74) is 0.835. The number of nitriles is 1. The maximum Gasteiger partial charge on any atom is 0.249 e. The number of nitrogens with one attached hydrogen (secondary N) is 1. The summed E-state index contributed by atoms with van der Waals surface area (Å²) < 4.78 is 5.14. The van der Waals surface area contributed by atoms with Crippen LogP contribution in [0.5, 0.6) is 0 Å². The van der Waals surface area contributed by atoms with Gasteiger partial charge in [-0.25, -0.2) is 5.06 Å². The standard InChI is InChI=1S/C14H17N3O3/c15-8-12-7-11(9-19-12)13-3-6-20-17(13)14(18)10-1-4-16-5-2-10/h7,9-10,13,16H,1-6H2/t13-/m0/s1. The van der Waals surface area contributed by atoms with Crippen molar-refractivity contribution in [2.24, 2.45) is 5.92 Å². The van der Waals surface area contributed by atoms with Gasteiger partial charge in [-0.1, -0.05) is 0 Å². The highest BCUT2D eigenvalue weighted by atomic mass is 16.7. The van der Waals surface area contributed by atoms with Crippen molar-refractivity contribution < 1.29 is 14.0 Å². The molecule has 2 saturated heterocycles. The monoisotopic (exact) mass is 275 g/mol. The number of hydrogen-bond donors (Lipinski definition) is 1. The van der Waals surface area contributed by atoms with Gasteiger partial charge < -0.3 is 9.73 Å². The zero-order valence-corrected chi connectivity index (χ0v) is 11.2. The number of hydroxylamine groups is 2. The van der Waals surface area contributed by atoms with Crippen LogP contribution >= 0.6 is 0 Å². The van der Waals surface area contributed by atoms with Crippen molar-refractivity contribution in [3.8, 4) is 6.07 Å². The Morgan fingerprint density at radius 1 is 1.40 bits per heavy atom. The molecule has 3 heterocycles. The van der Waals surface area contributed by atoms with E-state index >= 15 is 0 Å². The third-order valence-electron chi connectivity index (χ3n) is 3.93. The molecule has 2 aliphatic rings. The molecular weight excluding hydrogens is 258 g/mol. The lowest BCUT2D eigenvalue weighted by molar-refractivity contribution is -0.182. The lowest BCUT2D eigenvalue weighted by Gasteiger charge is -2.28. The molecule has 1 aromatic rings. The van der Waals surface area contributed by atoms with E-state index in [1.807, 2.05) is 6.07 Å². The normalized spacial score (nSPS) is 23.8. The summed E-state index contributed by atoms with van der Waals surface area (Å²) in [7, 11) is 0. The third kappa shape index (κ3) is 2.42. The average Bonchev–Trinajstić information content (AvgIpc) is 3.15. The summed E-state index contributed by atoms with van der Waals surface area (Å²) in [6.07, 6.45) is 3.97. The minimum Gasteiger partial charge on any atom is -0.453 e. The molecule has 1 N–H and O–H groups in total. The predicted molar refractivity (Wildman–Crippen MR) is 69.2 cm³/mol. The molecule has 0 spiro atoms. The summed E-state index contributed by atoms with van der Waals surface area (Å²) in [4.78, 5) is 18.1. The highest BCUT2D eigenvalue weighted by Gasteiger charge is 2.36. The molecule has 1 aromatic heterocycles. The van der Waals surface area contributed by atoms with Crippen molar-refractivity contribution >= 4 is 5.91 Å². The fraction of sp³-hybridized carbons (Fsp3) is 0.571. The molecule has 0 aromatic carbocycles.